The molecule has 0 spiro atoms. The maximum Gasteiger partial charge on any atom is 0.166 e. The lowest BCUT2D eigenvalue weighted by Gasteiger charge is -2.16. The van der Waals surface area contributed by atoms with Crippen molar-refractivity contribution in [3.8, 4) is 5.75 Å². The molecule has 1 aliphatic rings. The summed E-state index contributed by atoms with van der Waals surface area (Å²) in [6.07, 6.45) is 3.78. The lowest BCUT2D eigenvalue weighted by atomic mass is 10.0. The lowest BCUT2D eigenvalue weighted by Crippen LogP contribution is -2.08. The van der Waals surface area contributed by atoms with Crippen molar-refractivity contribution in [2.75, 3.05) is 6.61 Å². The van der Waals surface area contributed by atoms with Gasteiger partial charge in [-0.2, -0.15) is 0 Å². The fourth-order valence-electron chi connectivity index (χ4n) is 1.59. The van der Waals surface area contributed by atoms with Crippen LogP contribution in [0.25, 0.3) is 6.08 Å². The summed E-state index contributed by atoms with van der Waals surface area (Å²) in [6, 6.07) is 2.79. The first-order chi connectivity index (χ1) is 7.24. The van der Waals surface area contributed by atoms with E-state index in [1.54, 1.807) is 19.1 Å². The van der Waals surface area contributed by atoms with Crippen molar-refractivity contribution in [2.24, 2.45) is 0 Å². The number of Topliss-reactive ketones (excluding diaryl/α,β-unsaturated/α-hetero) is 1. The van der Waals surface area contributed by atoms with Gasteiger partial charge in [0.05, 0.1) is 11.1 Å². The molecule has 0 radical (unpaired) electrons. The van der Waals surface area contributed by atoms with Crippen LogP contribution in [0.15, 0.2) is 18.2 Å². The SMILES string of the molecule is CCC(=O)c1ccc(F)c2c1OCC=C2. The average molecular weight is 206 g/mol. The predicted molar refractivity (Wildman–Crippen MR) is 55.6 cm³/mol. The molecule has 15 heavy (non-hydrogen) atoms. The van der Waals surface area contributed by atoms with Gasteiger partial charge in [0, 0.05) is 6.42 Å². The van der Waals surface area contributed by atoms with Crippen molar-refractivity contribution < 1.29 is 13.9 Å². The van der Waals surface area contributed by atoms with Crippen molar-refractivity contribution >= 4 is 11.9 Å². The van der Waals surface area contributed by atoms with Gasteiger partial charge in [0.2, 0.25) is 0 Å². The van der Waals surface area contributed by atoms with Crippen molar-refractivity contribution in [3.63, 3.8) is 0 Å². The number of carbonyl (C=O) groups is 1. The number of benzene rings is 1. The Bertz CT molecular complexity index is 435. The minimum Gasteiger partial charge on any atom is -0.488 e. The fraction of sp³-hybridized carbons (Fsp3) is 0.250. The topological polar surface area (TPSA) is 26.3 Å². The van der Waals surface area contributed by atoms with Crippen molar-refractivity contribution in [1.82, 2.24) is 0 Å². The summed E-state index contributed by atoms with van der Waals surface area (Å²) in [7, 11) is 0. The van der Waals surface area contributed by atoms with Crippen LogP contribution in [0, 0.1) is 5.82 Å². The van der Waals surface area contributed by atoms with Gasteiger partial charge < -0.3 is 4.74 Å². The van der Waals surface area contributed by atoms with E-state index in [0.29, 0.717) is 29.9 Å². The molecule has 78 valence electrons. The monoisotopic (exact) mass is 206 g/mol. The van der Waals surface area contributed by atoms with E-state index in [4.69, 9.17) is 4.74 Å². The molecule has 0 aromatic heterocycles. The maximum absolute atomic E-state index is 13.4. The van der Waals surface area contributed by atoms with E-state index in [9.17, 15) is 9.18 Å². The van der Waals surface area contributed by atoms with Gasteiger partial charge in [-0.25, -0.2) is 4.39 Å². The quantitative estimate of drug-likeness (QED) is 0.695. The zero-order chi connectivity index (χ0) is 10.8. The molecule has 0 aliphatic carbocycles. The second-order valence-electron chi connectivity index (χ2n) is 3.33. The third kappa shape index (κ3) is 1.65. The van der Waals surface area contributed by atoms with Crippen LogP contribution < -0.4 is 4.74 Å². The highest BCUT2D eigenvalue weighted by Crippen LogP contribution is 2.31. The van der Waals surface area contributed by atoms with Gasteiger partial charge >= 0.3 is 0 Å². The van der Waals surface area contributed by atoms with Gasteiger partial charge in [-0.15, -0.1) is 0 Å². The molecular weight excluding hydrogens is 195 g/mol. The zero-order valence-corrected chi connectivity index (χ0v) is 8.42. The van der Waals surface area contributed by atoms with Crippen LogP contribution in [-0.2, 0) is 0 Å². The minimum atomic E-state index is -0.353. The molecule has 1 aromatic rings. The lowest BCUT2D eigenvalue weighted by molar-refractivity contribution is 0.0984. The molecular formula is C12H11FO2. The second kappa shape index (κ2) is 3.85. The van der Waals surface area contributed by atoms with Crippen LogP contribution in [0.4, 0.5) is 4.39 Å². The summed E-state index contributed by atoms with van der Waals surface area (Å²) in [6.45, 7) is 2.16. The molecule has 0 atom stereocenters. The van der Waals surface area contributed by atoms with Crippen LogP contribution >= 0.6 is 0 Å². The van der Waals surface area contributed by atoms with E-state index in [0.717, 1.165) is 0 Å². The van der Waals surface area contributed by atoms with E-state index in [1.807, 2.05) is 0 Å². The third-order valence-corrected chi connectivity index (χ3v) is 2.37. The average Bonchev–Trinajstić information content (AvgIpc) is 2.29. The maximum atomic E-state index is 13.4. The van der Waals surface area contributed by atoms with Crippen LogP contribution in [-0.4, -0.2) is 12.4 Å². The number of ketones is 1. The molecule has 0 saturated heterocycles. The van der Waals surface area contributed by atoms with Gasteiger partial charge in [0.1, 0.15) is 18.2 Å². The molecule has 1 heterocycles. The molecule has 2 rings (SSSR count). The van der Waals surface area contributed by atoms with Gasteiger partial charge in [0.25, 0.3) is 0 Å². The number of fused-ring (bicyclic) bond motifs is 1. The summed E-state index contributed by atoms with van der Waals surface area (Å²) in [5, 5.41) is 0. The van der Waals surface area contributed by atoms with Gasteiger partial charge in [0.15, 0.2) is 5.78 Å². The second-order valence-corrected chi connectivity index (χ2v) is 3.33. The highest BCUT2D eigenvalue weighted by Gasteiger charge is 2.18. The number of hydrogen-bond donors (Lipinski definition) is 0. The molecule has 0 saturated carbocycles. The number of halogens is 1. The summed E-state index contributed by atoms with van der Waals surface area (Å²) in [4.78, 5) is 11.6. The van der Waals surface area contributed by atoms with Crippen LogP contribution in [0.1, 0.15) is 29.3 Å². The van der Waals surface area contributed by atoms with Crippen LogP contribution in [0.5, 0.6) is 5.75 Å². The Balaban J connectivity index is 2.59. The Morgan fingerprint density at radius 3 is 3.07 bits per heavy atom. The molecule has 3 heteroatoms. The Morgan fingerprint density at radius 2 is 2.33 bits per heavy atom. The van der Waals surface area contributed by atoms with Crippen LogP contribution in [0.2, 0.25) is 0 Å². The molecule has 0 amide bonds. The number of hydrogen-bond acceptors (Lipinski definition) is 2. The number of rotatable bonds is 2. The first-order valence-corrected chi connectivity index (χ1v) is 4.89. The summed E-state index contributed by atoms with van der Waals surface area (Å²) in [5.41, 5.74) is 0.846. The minimum absolute atomic E-state index is 0.0263. The molecule has 1 aromatic carbocycles. The Labute approximate surface area is 87.4 Å². The first kappa shape index (κ1) is 9.90. The highest BCUT2D eigenvalue weighted by molar-refractivity contribution is 5.99. The standard InChI is InChI=1S/C12H11FO2/c1-2-11(14)9-5-6-10(13)8-4-3-7-15-12(8)9/h3-6H,2,7H2,1H3. The van der Waals surface area contributed by atoms with E-state index >= 15 is 0 Å². The van der Waals surface area contributed by atoms with E-state index in [-0.39, 0.29) is 11.6 Å². The zero-order valence-electron chi connectivity index (χ0n) is 8.42. The van der Waals surface area contributed by atoms with Crippen molar-refractivity contribution in [1.29, 1.82) is 0 Å². The number of carbonyl (C=O) groups excluding carboxylic acids is 1. The largest absolute Gasteiger partial charge is 0.488 e. The summed E-state index contributed by atoms with van der Waals surface area (Å²) in [5.74, 6) is -0.000460. The fourth-order valence-corrected chi connectivity index (χ4v) is 1.59. The van der Waals surface area contributed by atoms with Crippen LogP contribution in [0.3, 0.4) is 0 Å². The molecule has 1 aliphatic heterocycles. The van der Waals surface area contributed by atoms with Gasteiger partial charge in [-0.3, -0.25) is 4.79 Å². The predicted octanol–water partition coefficient (Wildman–Crippen LogP) is 2.82. The molecule has 0 fully saturated rings. The van der Waals surface area contributed by atoms with Gasteiger partial charge in [-0.05, 0) is 24.3 Å². The Morgan fingerprint density at radius 1 is 1.53 bits per heavy atom. The first-order valence-electron chi connectivity index (χ1n) is 4.89. The summed E-state index contributed by atoms with van der Waals surface area (Å²) < 4.78 is 18.7. The number of ether oxygens (including phenoxy) is 1. The molecule has 0 unspecified atom stereocenters. The van der Waals surface area contributed by atoms with E-state index < -0.39 is 0 Å². The summed E-state index contributed by atoms with van der Waals surface area (Å²) >= 11 is 0. The Kier molecular flexibility index (Phi) is 2.54. The normalized spacial score (nSPS) is 13.2. The van der Waals surface area contributed by atoms with E-state index in [2.05, 4.69) is 0 Å². The third-order valence-electron chi connectivity index (χ3n) is 2.37. The molecule has 2 nitrogen and oxygen atoms in total. The van der Waals surface area contributed by atoms with Crippen molar-refractivity contribution in [2.45, 2.75) is 13.3 Å². The van der Waals surface area contributed by atoms with Gasteiger partial charge in [-0.1, -0.05) is 6.92 Å². The Hall–Kier alpha value is -1.64. The smallest absolute Gasteiger partial charge is 0.166 e. The molecule has 0 N–H and O–H groups in total. The molecule has 0 bridgehead atoms. The van der Waals surface area contributed by atoms with Crippen molar-refractivity contribution in [3.05, 3.63) is 35.2 Å². The highest BCUT2D eigenvalue weighted by atomic mass is 19.1. The van der Waals surface area contributed by atoms with E-state index in [1.165, 1.54) is 12.1 Å².